The van der Waals surface area contributed by atoms with Crippen LogP contribution >= 0.6 is 23.2 Å². The maximum atomic E-state index is 11.8. The monoisotopic (exact) mass is 312 g/mol. The summed E-state index contributed by atoms with van der Waals surface area (Å²) < 4.78 is 32.1. The summed E-state index contributed by atoms with van der Waals surface area (Å²) in [4.78, 5) is 0. The Morgan fingerprint density at radius 3 is 2.22 bits per heavy atom. The zero-order valence-corrected chi connectivity index (χ0v) is 12.5. The van der Waals surface area contributed by atoms with Gasteiger partial charge in [0.2, 0.25) is 0 Å². The Hall–Kier alpha value is -0.690. The van der Waals surface area contributed by atoms with Gasteiger partial charge in [0.15, 0.2) is 5.75 Å². The molecular weight excluding hydrogens is 299 g/mol. The highest BCUT2D eigenvalue weighted by Crippen LogP contribution is 2.35. The predicted molar refractivity (Wildman–Crippen MR) is 73.9 cm³/mol. The van der Waals surface area contributed by atoms with E-state index in [0.29, 0.717) is 12.3 Å². The fourth-order valence-electron chi connectivity index (χ4n) is 1.21. The topological polar surface area (TPSA) is 58.6 Å². The van der Waals surface area contributed by atoms with Crippen LogP contribution in [0.4, 0.5) is 5.69 Å². The van der Waals surface area contributed by atoms with Crippen molar-refractivity contribution in [1.29, 1.82) is 0 Å². The van der Waals surface area contributed by atoms with Crippen LogP contribution in [0.5, 0.6) is 5.75 Å². The molecule has 8 heteroatoms. The van der Waals surface area contributed by atoms with Gasteiger partial charge < -0.3 is 4.74 Å². The summed E-state index contributed by atoms with van der Waals surface area (Å²) in [5.74, 6) is 0.310. The van der Waals surface area contributed by atoms with E-state index in [9.17, 15) is 8.42 Å². The molecule has 0 aromatic heterocycles. The Labute approximate surface area is 117 Å². The van der Waals surface area contributed by atoms with Crippen molar-refractivity contribution in [2.45, 2.75) is 6.92 Å². The molecule has 18 heavy (non-hydrogen) atoms. The fourth-order valence-corrected chi connectivity index (χ4v) is 2.76. The van der Waals surface area contributed by atoms with E-state index in [0.717, 1.165) is 0 Å². The zero-order valence-electron chi connectivity index (χ0n) is 10.2. The molecule has 0 saturated heterocycles. The van der Waals surface area contributed by atoms with Crippen molar-refractivity contribution in [3.63, 3.8) is 0 Å². The number of anilines is 1. The number of methoxy groups -OCH3 is 1. The van der Waals surface area contributed by atoms with Crippen LogP contribution in [0.15, 0.2) is 12.1 Å². The van der Waals surface area contributed by atoms with Gasteiger partial charge in [-0.05, 0) is 12.1 Å². The Kier molecular flexibility index (Phi) is 5.10. The second kappa shape index (κ2) is 5.97. The number of nitrogens with zero attached hydrogens (tertiary/aromatic N) is 1. The van der Waals surface area contributed by atoms with Crippen molar-refractivity contribution in [3.8, 4) is 5.75 Å². The van der Waals surface area contributed by atoms with Gasteiger partial charge in [-0.1, -0.05) is 30.1 Å². The third-order valence-corrected chi connectivity index (χ3v) is 4.44. The SMILES string of the molecule is CCN(C)S(=O)(=O)Nc1cc(Cl)c(OC)c(Cl)c1. The molecule has 0 aliphatic carbocycles. The quantitative estimate of drug-likeness (QED) is 0.909. The highest BCUT2D eigenvalue weighted by molar-refractivity contribution is 7.90. The average Bonchev–Trinajstić information content (AvgIpc) is 2.26. The summed E-state index contributed by atoms with van der Waals surface area (Å²) in [5.41, 5.74) is 0.283. The van der Waals surface area contributed by atoms with E-state index in [1.54, 1.807) is 6.92 Å². The highest BCUT2D eigenvalue weighted by Gasteiger charge is 2.17. The third kappa shape index (κ3) is 3.41. The molecule has 0 fully saturated rings. The minimum Gasteiger partial charge on any atom is -0.494 e. The standard InChI is InChI=1S/C10H14Cl2N2O3S/c1-4-14(2)18(15,16)13-7-5-8(11)10(17-3)9(12)6-7/h5-6,13H,4H2,1-3H3. The molecule has 0 heterocycles. The number of rotatable bonds is 5. The first-order valence-corrected chi connectivity index (χ1v) is 7.28. The van der Waals surface area contributed by atoms with Gasteiger partial charge in [-0.2, -0.15) is 12.7 Å². The summed E-state index contributed by atoms with van der Waals surface area (Å²) >= 11 is 11.8. The van der Waals surface area contributed by atoms with E-state index in [4.69, 9.17) is 27.9 Å². The summed E-state index contributed by atoms with van der Waals surface area (Å²) in [7, 11) is -0.692. The van der Waals surface area contributed by atoms with E-state index >= 15 is 0 Å². The van der Waals surface area contributed by atoms with Crippen molar-refractivity contribution in [3.05, 3.63) is 22.2 Å². The number of hydrogen-bond acceptors (Lipinski definition) is 3. The van der Waals surface area contributed by atoms with Crippen LogP contribution in [-0.4, -0.2) is 33.4 Å². The maximum absolute atomic E-state index is 11.8. The maximum Gasteiger partial charge on any atom is 0.301 e. The predicted octanol–water partition coefficient (Wildman–Crippen LogP) is 2.61. The lowest BCUT2D eigenvalue weighted by molar-refractivity contribution is 0.415. The lowest BCUT2D eigenvalue weighted by Crippen LogP contribution is -2.32. The second-order valence-electron chi connectivity index (χ2n) is 3.49. The largest absolute Gasteiger partial charge is 0.494 e. The minimum absolute atomic E-state index is 0.238. The molecule has 1 aromatic carbocycles. The summed E-state index contributed by atoms with van der Waals surface area (Å²) in [6, 6.07) is 2.88. The van der Waals surface area contributed by atoms with Gasteiger partial charge in [-0.3, -0.25) is 4.72 Å². The van der Waals surface area contributed by atoms with E-state index < -0.39 is 10.2 Å². The van der Waals surface area contributed by atoms with Gasteiger partial charge in [0.1, 0.15) is 0 Å². The Morgan fingerprint density at radius 1 is 1.33 bits per heavy atom. The lowest BCUT2D eigenvalue weighted by Gasteiger charge is -2.17. The number of halogens is 2. The van der Waals surface area contributed by atoms with Crippen LogP contribution in [-0.2, 0) is 10.2 Å². The molecular formula is C10H14Cl2N2O3S. The summed E-state index contributed by atoms with van der Waals surface area (Å²) in [6.45, 7) is 2.08. The summed E-state index contributed by atoms with van der Waals surface area (Å²) in [5, 5.41) is 0.476. The first kappa shape index (κ1) is 15.4. The normalized spacial score (nSPS) is 11.7. The number of ether oxygens (including phenoxy) is 1. The van der Waals surface area contributed by atoms with Crippen molar-refractivity contribution in [2.24, 2.45) is 0 Å². The van der Waals surface area contributed by atoms with Crippen LogP contribution in [0, 0.1) is 0 Å². The zero-order chi connectivity index (χ0) is 13.9. The van der Waals surface area contributed by atoms with Crippen LogP contribution in [0.1, 0.15) is 6.92 Å². The molecule has 5 nitrogen and oxygen atoms in total. The molecule has 1 N–H and O–H groups in total. The minimum atomic E-state index is -3.59. The molecule has 0 radical (unpaired) electrons. The van der Waals surface area contributed by atoms with Gasteiger partial charge in [0.05, 0.1) is 22.8 Å². The molecule has 0 unspecified atom stereocenters. The van der Waals surface area contributed by atoms with Crippen molar-refractivity contribution < 1.29 is 13.2 Å². The molecule has 0 saturated carbocycles. The van der Waals surface area contributed by atoms with Gasteiger partial charge in [0.25, 0.3) is 0 Å². The molecule has 1 rings (SSSR count). The number of nitrogens with one attached hydrogen (secondary N) is 1. The van der Waals surface area contributed by atoms with Gasteiger partial charge >= 0.3 is 10.2 Å². The van der Waals surface area contributed by atoms with Crippen molar-refractivity contribution >= 4 is 39.1 Å². The third-order valence-electron chi connectivity index (χ3n) is 2.30. The van der Waals surface area contributed by atoms with Gasteiger partial charge in [0, 0.05) is 13.6 Å². The van der Waals surface area contributed by atoms with Crippen molar-refractivity contribution in [2.75, 3.05) is 25.4 Å². The van der Waals surface area contributed by atoms with E-state index in [2.05, 4.69) is 4.72 Å². The van der Waals surface area contributed by atoms with E-state index in [1.807, 2.05) is 0 Å². The van der Waals surface area contributed by atoms with E-state index in [1.165, 1.54) is 30.6 Å². The lowest BCUT2D eigenvalue weighted by atomic mass is 10.3. The van der Waals surface area contributed by atoms with Crippen LogP contribution in [0.25, 0.3) is 0 Å². The second-order valence-corrected chi connectivity index (χ2v) is 6.09. The summed E-state index contributed by atoms with van der Waals surface area (Å²) in [6.07, 6.45) is 0. The van der Waals surface area contributed by atoms with Crippen molar-refractivity contribution in [1.82, 2.24) is 4.31 Å². The first-order chi connectivity index (χ1) is 8.31. The van der Waals surface area contributed by atoms with Crippen LogP contribution in [0.2, 0.25) is 10.0 Å². The molecule has 0 aliphatic rings. The fraction of sp³-hybridized carbons (Fsp3) is 0.400. The Bertz CT molecular complexity index is 511. The smallest absolute Gasteiger partial charge is 0.301 e. The Balaban J connectivity index is 3.07. The van der Waals surface area contributed by atoms with Crippen LogP contribution in [0.3, 0.4) is 0 Å². The van der Waals surface area contributed by atoms with Gasteiger partial charge in [-0.25, -0.2) is 0 Å². The molecule has 0 amide bonds. The molecule has 0 aliphatic heterocycles. The molecule has 0 spiro atoms. The van der Waals surface area contributed by atoms with E-state index in [-0.39, 0.29) is 15.7 Å². The van der Waals surface area contributed by atoms with Crippen LogP contribution < -0.4 is 9.46 Å². The highest BCUT2D eigenvalue weighted by atomic mass is 35.5. The molecule has 1 aromatic rings. The number of benzene rings is 1. The molecule has 0 bridgehead atoms. The molecule has 0 atom stereocenters. The average molecular weight is 313 g/mol. The Morgan fingerprint density at radius 2 is 1.83 bits per heavy atom. The number of hydrogen-bond donors (Lipinski definition) is 1. The van der Waals surface area contributed by atoms with Gasteiger partial charge in [-0.15, -0.1) is 0 Å². The first-order valence-electron chi connectivity index (χ1n) is 5.09. The molecule has 102 valence electrons.